The normalized spacial score (nSPS) is 9.90. The minimum Gasteiger partial charge on any atom is -0.478 e. The summed E-state index contributed by atoms with van der Waals surface area (Å²) < 4.78 is 0. The molecule has 0 radical (unpaired) electrons. The Labute approximate surface area is 118 Å². The van der Waals surface area contributed by atoms with Gasteiger partial charge in [-0.2, -0.15) is 0 Å². The first-order valence-corrected chi connectivity index (χ1v) is 5.81. The van der Waals surface area contributed by atoms with Gasteiger partial charge in [0, 0.05) is 23.6 Å². The number of hydrogen-bond acceptors (Lipinski definition) is 4. The number of carbonyl (C=O) groups excluding carboxylic acids is 1. The number of anilines is 1. The van der Waals surface area contributed by atoms with Crippen molar-refractivity contribution in [1.82, 2.24) is 4.98 Å². The quantitative estimate of drug-likeness (QED) is 0.788. The van der Waals surface area contributed by atoms with E-state index in [1.165, 1.54) is 30.6 Å². The highest BCUT2D eigenvalue weighted by atomic mass is 16.4. The number of aromatic nitrogens is 1. The van der Waals surface area contributed by atoms with Crippen molar-refractivity contribution in [2.24, 2.45) is 0 Å². The first-order valence-electron chi connectivity index (χ1n) is 5.81. The Hall–Kier alpha value is -3.22. The molecule has 7 heteroatoms. The van der Waals surface area contributed by atoms with Crippen LogP contribution in [-0.2, 0) is 0 Å². The predicted molar refractivity (Wildman–Crippen MR) is 72.6 cm³/mol. The molecule has 0 atom stereocenters. The Morgan fingerprint density at radius 1 is 0.905 bits per heavy atom. The van der Waals surface area contributed by atoms with E-state index < -0.39 is 23.4 Å². The second kappa shape index (κ2) is 5.83. The highest BCUT2D eigenvalue weighted by molar-refractivity contribution is 6.06. The van der Waals surface area contributed by atoms with E-state index >= 15 is 0 Å². The molecule has 0 aliphatic carbocycles. The fourth-order valence-electron chi connectivity index (χ4n) is 1.69. The summed E-state index contributed by atoms with van der Waals surface area (Å²) in [5.41, 5.74) is -0.192. The van der Waals surface area contributed by atoms with Crippen molar-refractivity contribution in [3.05, 3.63) is 59.4 Å². The second-order valence-corrected chi connectivity index (χ2v) is 4.06. The van der Waals surface area contributed by atoms with Gasteiger partial charge in [-0.3, -0.25) is 9.78 Å². The molecule has 2 rings (SSSR count). The van der Waals surface area contributed by atoms with Crippen LogP contribution in [0.2, 0.25) is 0 Å². The average Bonchev–Trinajstić information content (AvgIpc) is 2.47. The molecule has 0 saturated heterocycles. The van der Waals surface area contributed by atoms with Gasteiger partial charge in [-0.15, -0.1) is 0 Å². The van der Waals surface area contributed by atoms with E-state index in [4.69, 9.17) is 10.2 Å². The predicted octanol–water partition coefficient (Wildman–Crippen LogP) is 1.73. The molecule has 2 aromatic rings. The lowest BCUT2D eigenvalue weighted by molar-refractivity contribution is 0.0651. The first-order chi connectivity index (χ1) is 9.99. The third-order valence-corrected chi connectivity index (χ3v) is 2.68. The van der Waals surface area contributed by atoms with Crippen LogP contribution in [0.1, 0.15) is 31.1 Å². The maximum Gasteiger partial charge on any atom is 0.336 e. The van der Waals surface area contributed by atoms with Crippen molar-refractivity contribution >= 4 is 23.5 Å². The summed E-state index contributed by atoms with van der Waals surface area (Å²) in [4.78, 5) is 37.7. The Morgan fingerprint density at radius 2 is 1.52 bits per heavy atom. The van der Waals surface area contributed by atoms with Gasteiger partial charge in [-0.25, -0.2) is 9.59 Å². The van der Waals surface area contributed by atoms with Crippen LogP contribution < -0.4 is 5.32 Å². The van der Waals surface area contributed by atoms with E-state index in [1.54, 1.807) is 0 Å². The molecule has 0 bridgehead atoms. The van der Waals surface area contributed by atoms with Crippen LogP contribution in [-0.4, -0.2) is 33.0 Å². The lowest BCUT2D eigenvalue weighted by atomic mass is 10.1. The minimum atomic E-state index is -1.38. The zero-order chi connectivity index (χ0) is 15.4. The summed E-state index contributed by atoms with van der Waals surface area (Å²) in [6.45, 7) is 0. The first kappa shape index (κ1) is 14.2. The minimum absolute atomic E-state index is 0.194. The van der Waals surface area contributed by atoms with E-state index in [1.807, 2.05) is 0 Å². The maximum atomic E-state index is 11.9. The van der Waals surface area contributed by atoms with Crippen molar-refractivity contribution in [3.63, 3.8) is 0 Å². The number of carboxylic acid groups (broad SMARTS) is 2. The fourth-order valence-corrected chi connectivity index (χ4v) is 1.69. The van der Waals surface area contributed by atoms with Crippen LogP contribution in [0.15, 0.2) is 42.7 Å². The van der Waals surface area contributed by atoms with Gasteiger partial charge in [-0.05, 0) is 30.3 Å². The molecule has 0 spiro atoms. The summed E-state index contributed by atoms with van der Waals surface area (Å²) >= 11 is 0. The molecular weight excluding hydrogens is 276 g/mol. The summed E-state index contributed by atoms with van der Waals surface area (Å²) in [7, 11) is 0. The fraction of sp³-hybridized carbons (Fsp3) is 0. The number of aromatic carboxylic acids is 2. The lowest BCUT2D eigenvalue weighted by Gasteiger charge is -2.08. The molecule has 0 aliphatic rings. The Bertz CT molecular complexity index is 713. The number of nitrogens with one attached hydrogen (secondary N) is 1. The maximum absolute atomic E-state index is 11.9. The van der Waals surface area contributed by atoms with Gasteiger partial charge in [0.2, 0.25) is 0 Å². The molecule has 0 unspecified atom stereocenters. The summed E-state index contributed by atoms with van der Waals surface area (Å²) in [6, 6.07) is 6.56. The van der Waals surface area contributed by atoms with Crippen molar-refractivity contribution in [1.29, 1.82) is 0 Å². The van der Waals surface area contributed by atoms with Gasteiger partial charge in [0.05, 0.1) is 11.1 Å². The molecular formula is C14H10N2O5. The van der Waals surface area contributed by atoms with E-state index in [2.05, 4.69) is 10.3 Å². The molecule has 21 heavy (non-hydrogen) atoms. The van der Waals surface area contributed by atoms with Gasteiger partial charge in [-0.1, -0.05) is 0 Å². The van der Waals surface area contributed by atoms with Crippen LogP contribution >= 0.6 is 0 Å². The van der Waals surface area contributed by atoms with E-state index in [0.717, 1.165) is 12.1 Å². The monoisotopic (exact) mass is 286 g/mol. The average molecular weight is 286 g/mol. The number of nitrogens with zero attached hydrogens (tertiary/aromatic N) is 1. The third-order valence-electron chi connectivity index (χ3n) is 2.68. The molecule has 1 aromatic heterocycles. The topological polar surface area (TPSA) is 117 Å². The molecule has 1 aromatic carbocycles. The van der Waals surface area contributed by atoms with Crippen LogP contribution in [0.3, 0.4) is 0 Å². The summed E-state index contributed by atoms with van der Waals surface area (Å²) in [5.74, 6) is -3.18. The third kappa shape index (κ3) is 3.21. The SMILES string of the molecule is O=C(Nc1ccc(C(=O)O)c(C(=O)O)c1)c1ccncc1. The Balaban J connectivity index is 2.30. The largest absolute Gasteiger partial charge is 0.478 e. The number of carbonyl (C=O) groups is 3. The van der Waals surface area contributed by atoms with Crippen LogP contribution in [0, 0.1) is 0 Å². The van der Waals surface area contributed by atoms with Crippen LogP contribution in [0.25, 0.3) is 0 Å². The Kier molecular flexibility index (Phi) is 3.94. The molecule has 1 amide bonds. The van der Waals surface area contributed by atoms with Crippen molar-refractivity contribution < 1.29 is 24.6 Å². The van der Waals surface area contributed by atoms with Gasteiger partial charge < -0.3 is 15.5 Å². The summed E-state index contributed by atoms with van der Waals surface area (Å²) in [6.07, 6.45) is 2.90. The molecule has 0 saturated carbocycles. The Morgan fingerprint density at radius 3 is 2.10 bits per heavy atom. The number of hydrogen-bond donors (Lipinski definition) is 3. The standard InChI is InChI=1S/C14H10N2O5/c17-12(8-3-5-15-6-4-8)16-9-1-2-10(13(18)19)11(7-9)14(20)21/h1-7H,(H,16,17)(H,18,19)(H,20,21). The highest BCUT2D eigenvalue weighted by Gasteiger charge is 2.17. The molecule has 7 nitrogen and oxygen atoms in total. The molecule has 0 fully saturated rings. The number of rotatable bonds is 4. The van der Waals surface area contributed by atoms with Crippen molar-refractivity contribution in [2.75, 3.05) is 5.32 Å². The molecule has 3 N–H and O–H groups in total. The lowest BCUT2D eigenvalue weighted by Crippen LogP contribution is -2.14. The molecule has 1 heterocycles. The molecule has 106 valence electrons. The van der Waals surface area contributed by atoms with E-state index in [-0.39, 0.29) is 11.3 Å². The van der Waals surface area contributed by atoms with Gasteiger partial charge in [0.15, 0.2) is 0 Å². The van der Waals surface area contributed by atoms with Crippen molar-refractivity contribution in [3.8, 4) is 0 Å². The smallest absolute Gasteiger partial charge is 0.336 e. The van der Waals surface area contributed by atoms with Gasteiger partial charge >= 0.3 is 11.9 Å². The van der Waals surface area contributed by atoms with Crippen molar-refractivity contribution in [2.45, 2.75) is 0 Å². The van der Waals surface area contributed by atoms with Gasteiger partial charge in [0.25, 0.3) is 5.91 Å². The summed E-state index contributed by atoms with van der Waals surface area (Å²) in [5, 5.41) is 20.4. The van der Waals surface area contributed by atoms with E-state index in [9.17, 15) is 14.4 Å². The van der Waals surface area contributed by atoms with Gasteiger partial charge in [0.1, 0.15) is 0 Å². The number of carboxylic acids is 2. The zero-order valence-corrected chi connectivity index (χ0v) is 10.6. The van der Waals surface area contributed by atoms with Crippen LogP contribution in [0.5, 0.6) is 0 Å². The number of pyridine rings is 1. The van der Waals surface area contributed by atoms with Crippen LogP contribution in [0.4, 0.5) is 5.69 Å². The zero-order valence-electron chi connectivity index (χ0n) is 10.6. The number of benzene rings is 1. The highest BCUT2D eigenvalue weighted by Crippen LogP contribution is 2.17. The molecule has 0 aliphatic heterocycles. The van der Waals surface area contributed by atoms with E-state index in [0.29, 0.717) is 5.56 Å². The second-order valence-electron chi connectivity index (χ2n) is 4.06. The number of amides is 1.